The molecule has 10 heteroatoms. The molecule has 2 aliphatic carbocycles. The quantitative estimate of drug-likeness (QED) is 0.329. The lowest BCUT2D eigenvalue weighted by Crippen LogP contribution is -2.45. The molecule has 2 heterocycles. The SMILES string of the molecule is CCOC(=O)c1cn(-c2ccc(OC3CC4CCC3(C)C4(C)C)c(F)c2)c2c(F)c(N3CCN(C)CC3)c(F)cc2c1=O. The Hall–Kier alpha value is -3.53. The Labute approximate surface area is 249 Å². The number of esters is 1. The van der Waals surface area contributed by atoms with E-state index in [2.05, 4.69) is 25.7 Å². The summed E-state index contributed by atoms with van der Waals surface area (Å²) in [6.45, 7) is 10.3. The van der Waals surface area contributed by atoms with Crippen molar-refractivity contribution in [3.8, 4) is 11.4 Å². The van der Waals surface area contributed by atoms with Gasteiger partial charge in [-0.05, 0) is 62.8 Å². The number of carbonyl (C=O) groups excluding carboxylic acids is 1. The fourth-order valence-corrected chi connectivity index (χ4v) is 7.48. The molecule has 230 valence electrons. The number of rotatable bonds is 6. The smallest absolute Gasteiger partial charge is 0.343 e. The second kappa shape index (κ2) is 10.6. The molecular weight excluding hydrogens is 559 g/mol. The number of benzene rings is 2. The molecule has 2 bridgehead atoms. The number of aromatic nitrogens is 1. The van der Waals surface area contributed by atoms with Gasteiger partial charge in [0.1, 0.15) is 23.2 Å². The zero-order valence-corrected chi connectivity index (χ0v) is 25.3. The largest absolute Gasteiger partial charge is 0.487 e. The molecule has 2 aromatic carbocycles. The van der Waals surface area contributed by atoms with Gasteiger partial charge < -0.3 is 23.8 Å². The number of ether oxygens (including phenoxy) is 2. The third kappa shape index (κ3) is 4.60. The molecule has 0 radical (unpaired) electrons. The molecule has 1 saturated heterocycles. The van der Waals surface area contributed by atoms with E-state index >= 15 is 13.2 Å². The zero-order valence-electron chi connectivity index (χ0n) is 25.3. The van der Waals surface area contributed by atoms with Gasteiger partial charge in [0.15, 0.2) is 17.4 Å². The summed E-state index contributed by atoms with van der Waals surface area (Å²) < 4.78 is 60.1. The Morgan fingerprint density at radius 1 is 1.05 bits per heavy atom. The molecule has 3 atom stereocenters. The molecule has 1 aromatic heterocycles. The van der Waals surface area contributed by atoms with Gasteiger partial charge in [-0.25, -0.2) is 18.0 Å². The number of likely N-dealkylation sites (N-methyl/N-ethyl adjacent to an activating group) is 1. The molecular formula is C33H38F3N3O4. The van der Waals surface area contributed by atoms with Crippen LogP contribution in [-0.2, 0) is 4.74 Å². The number of piperazine rings is 1. The summed E-state index contributed by atoms with van der Waals surface area (Å²) in [4.78, 5) is 29.8. The van der Waals surface area contributed by atoms with E-state index < -0.39 is 34.4 Å². The average molecular weight is 598 g/mol. The first kappa shape index (κ1) is 29.5. The number of nitrogens with zero attached hydrogens (tertiary/aromatic N) is 3. The van der Waals surface area contributed by atoms with E-state index in [9.17, 15) is 9.59 Å². The van der Waals surface area contributed by atoms with E-state index in [4.69, 9.17) is 9.47 Å². The first-order valence-electron chi connectivity index (χ1n) is 15.0. The average Bonchev–Trinajstić information content (AvgIpc) is 3.29. The van der Waals surface area contributed by atoms with Crippen LogP contribution in [0.1, 0.15) is 57.3 Å². The van der Waals surface area contributed by atoms with Crippen molar-refractivity contribution in [2.24, 2.45) is 16.7 Å². The van der Waals surface area contributed by atoms with Crippen molar-refractivity contribution in [2.45, 2.75) is 53.1 Å². The molecule has 0 spiro atoms. The molecule has 1 aliphatic heterocycles. The summed E-state index contributed by atoms with van der Waals surface area (Å²) in [6, 6.07) is 5.19. The number of pyridine rings is 1. The highest BCUT2D eigenvalue weighted by Gasteiger charge is 2.62. The van der Waals surface area contributed by atoms with Gasteiger partial charge >= 0.3 is 5.97 Å². The van der Waals surface area contributed by atoms with E-state index in [1.165, 1.54) is 16.7 Å². The normalized spacial score (nSPS) is 25.0. The van der Waals surface area contributed by atoms with Crippen LogP contribution in [0.5, 0.6) is 5.75 Å². The number of hydrogen-bond donors (Lipinski definition) is 0. The fourth-order valence-electron chi connectivity index (χ4n) is 7.48. The van der Waals surface area contributed by atoms with E-state index in [0.29, 0.717) is 32.1 Å². The second-order valence-corrected chi connectivity index (χ2v) is 13.0. The molecule has 0 amide bonds. The minimum Gasteiger partial charge on any atom is -0.487 e. The lowest BCUT2D eigenvalue weighted by molar-refractivity contribution is 0.0278. The van der Waals surface area contributed by atoms with E-state index in [1.54, 1.807) is 17.9 Å². The van der Waals surface area contributed by atoms with Crippen molar-refractivity contribution in [3.05, 3.63) is 63.7 Å². The molecule has 43 heavy (non-hydrogen) atoms. The molecule has 3 unspecified atom stereocenters. The molecule has 6 rings (SSSR count). The van der Waals surface area contributed by atoms with E-state index in [0.717, 1.165) is 31.5 Å². The van der Waals surface area contributed by atoms with Gasteiger partial charge in [-0.15, -0.1) is 0 Å². The number of carbonyl (C=O) groups is 1. The Bertz CT molecular complexity index is 1660. The van der Waals surface area contributed by atoms with Gasteiger partial charge in [-0.2, -0.15) is 0 Å². The highest BCUT2D eigenvalue weighted by molar-refractivity contribution is 5.95. The Balaban J connectivity index is 1.46. The van der Waals surface area contributed by atoms with Crippen molar-refractivity contribution >= 4 is 22.6 Å². The van der Waals surface area contributed by atoms with Gasteiger partial charge in [0.05, 0.1) is 17.5 Å². The van der Waals surface area contributed by atoms with Crippen LogP contribution in [0.4, 0.5) is 18.9 Å². The van der Waals surface area contributed by atoms with Crippen LogP contribution in [0, 0.1) is 34.2 Å². The van der Waals surface area contributed by atoms with Gasteiger partial charge in [-0.1, -0.05) is 20.8 Å². The first-order valence-corrected chi connectivity index (χ1v) is 15.0. The van der Waals surface area contributed by atoms with Crippen molar-refractivity contribution in [3.63, 3.8) is 0 Å². The molecule has 2 saturated carbocycles. The number of halogens is 3. The standard InChI is InChI=1S/C33H38F3N3O4/c1-6-42-31(41)22-18-39(28-21(30(22)40)17-24(35)29(27(28)36)38-13-11-37(5)12-14-38)20-7-8-25(23(34)16-20)43-26-15-19-9-10-33(26,4)32(19,2)3/h7-8,16-19,26H,6,9-15H2,1-5H3. The van der Waals surface area contributed by atoms with Crippen LogP contribution in [0.3, 0.4) is 0 Å². The molecule has 0 N–H and O–H groups in total. The van der Waals surface area contributed by atoms with Crippen LogP contribution >= 0.6 is 0 Å². The van der Waals surface area contributed by atoms with Gasteiger partial charge in [0.2, 0.25) is 5.43 Å². The summed E-state index contributed by atoms with van der Waals surface area (Å²) in [5.41, 5.74) is -1.62. The van der Waals surface area contributed by atoms with Crippen LogP contribution < -0.4 is 15.1 Å². The maximum atomic E-state index is 16.4. The third-order valence-electron chi connectivity index (χ3n) is 10.6. The molecule has 7 nitrogen and oxygen atoms in total. The number of hydrogen-bond acceptors (Lipinski definition) is 6. The van der Waals surface area contributed by atoms with E-state index in [-0.39, 0.29) is 51.6 Å². The minimum absolute atomic E-state index is 0.000208. The predicted octanol–water partition coefficient (Wildman–Crippen LogP) is 5.93. The highest BCUT2D eigenvalue weighted by Crippen LogP contribution is 2.66. The van der Waals surface area contributed by atoms with Crippen LogP contribution in [-0.4, -0.2) is 61.4 Å². The zero-order chi connectivity index (χ0) is 30.8. The lowest BCUT2D eigenvalue weighted by atomic mass is 9.70. The van der Waals surface area contributed by atoms with Crippen molar-refractivity contribution in [2.75, 3.05) is 44.7 Å². The number of anilines is 1. The second-order valence-electron chi connectivity index (χ2n) is 13.0. The van der Waals surface area contributed by atoms with Crippen LogP contribution in [0.2, 0.25) is 0 Å². The summed E-state index contributed by atoms with van der Waals surface area (Å²) in [6.07, 6.45) is 4.00. The maximum absolute atomic E-state index is 16.4. The minimum atomic E-state index is -0.954. The third-order valence-corrected chi connectivity index (χ3v) is 10.6. The predicted molar refractivity (Wildman–Crippen MR) is 159 cm³/mol. The lowest BCUT2D eigenvalue weighted by Gasteiger charge is -2.38. The van der Waals surface area contributed by atoms with Crippen molar-refractivity contribution in [1.29, 1.82) is 0 Å². The Kier molecular flexibility index (Phi) is 7.26. The number of fused-ring (bicyclic) bond motifs is 3. The Morgan fingerprint density at radius 3 is 2.37 bits per heavy atom. The van der Waals surface area contributed by atoms with Crippen LogP contribution in [0.15, 0.2) is 35.3 Å². The monoisotopic (exact) mass is 597 g/mol. The summed E-state index contributed by atoms with van der Waals surface area (Å²) >= 11 is 0. The van der Waals surface area contributed by atoms with Crippen LogP contribution in [0.25, 0.3) is 16.6 Å². The van der Waals surface area contributed by atoms with E-state index in [1.807, 2.05) is 7.05 Å². The summed E-state index contributed by atoms with van der Waals surface area (Å²) in [5, 5.41) is -0.337. The maximum Gasteiger partial charge on any atom is 0.343 e. The highest BCUT2D eigenvalue weighted by atomic mass is 19.1. The van der Waals surface area contributed by atoms with Gasteiger partial charge in [0.25, 0.3) is 0 Å². The van der Waals surface area contributed by atoms with Crippen molar-refractivity contribution in [1.82, 2.24) is 9.47 Å². The molecule has 3 aromatic rings. The Morgan fingerprint density at radius 2 is 1.77 bits per heavy atom. The van der Waals surface area contributed by atoms with Crippen molar-refractivity contribution < 1.29 is 27.4 Å². The van der Waals surface area contributed by atoms with Gasteiger partial charge in [0, 0.05) is 49.5 Å². The molecule has 3 aliphatic rings. The first-order chi connectivity index (χ1) is 20.4. The summed E-state index contributed by atoms with van der Waals surface area (Å²) in [7, 11) is 1.93. The topological polar surface area (TPSA) is 64.0 Å². The fraction of sp³-hybridized carbons (Fsp3) is 0.515. The summed E-state index contributed by atoms with van der Waals surface area (Å²) in [5.74, 6) is -2.86. The van der Waals surface area contributed by atoms with Gasteiger partial charge in [-0.3, -0.25) is 4.79 Å². The molecule has 3 fully saturated rings.